The van der Waals surface area contributed by atoms with Crippen LogP contribution in [0, 0.1) is 23.7 Å². The van der Waals surface area contributed by atoms with Gasteiger partial charge in [-0.1, -0.05) is 26.8 Å². The largest absolute Gasteiger partial charge is 0.493 e. The molecule has 1 aromatic rings. The van der Waals surface area contributed by atoms with E-state index in [2.05, 4.69) is 38.2 Å². The summed E-state index contributed by atoms with van der Waals surface area (Å²) in [7, 11) is 3.39. The number of benzene rings is 1. The Balaban J connectivity index is 1.61. The minimum absolute atomic E-state index is 0.0215. The highest BCUT2D eigenvalue weighted by atomic mass is 16.6. The lowest BCUT2D eigenvalue weighted by Gasteiger charge is -2.32. The summed E-state index contributed by atoms with van der Waals surface area (Å²) in [5, 5.41) is 3.61. The minimum Gasteiger partial charge on any atom is -0.493 e. The molecule has 2 saturated heterocycles. The third-order valence-electron chi connectivity index (χ3n) is 8.15. The maximum atomic E-state index is 13.1. The molecule has 0 radical (unpaired) electrons. The lowest BCUT2D eigenvalue weighted by molar-refractivity contribution is -0.0119. The molecule has 1 aromatic carbocycles. The van der Waals surface area contributed by atoms with Crippen LogP contribution in [0.15, 0.2) is 18.2 Å². The first-order valence-corrected chi connectivity index (χ1v) is 15.0. The average molecular weight is 549 g/mol. The summed E-state index contributed by atoms with van der Waals surface area (Å²) in [4.78, 5) is 15.0. The number of hydrogen-bond donors (Lipinski definition) is 1. The number of carbonyl (C=O) groups is 1. The first kappa shape index (κ1) is 31.5. The molecule has 0 unspecified atom stereocenters. The predicted molar refractivity (Wildman–Crippen MR) is 154 cm³/mol. The molecule has 0 spiro atoms. The Labute approximate surface area is 236 Å². The van der Waals surface area contributed by atoms with Crippen LogP contribution in [0.4, 0.5) is 4.79 Å². The van der Waals surface area contributed by atoms with Gasteiger partial charge in [0, 0.05) is 46.1 Å². The van der Waals surface area contributed by atoms with Crippen molar-refractivity contribution < 1.29 is 28.5 Å². The van der Waals surface area contributed by atoms with Crippen LogP contribution in [0.1, 0.15) is 58.4 Å². The smallest absolute Gasteiger partial charge is 0.410 e. The monoisotopic (exact) mass is 548 g/mol. The molecule has 39 heavy (non-hydrogen) atoms. The summed E-state index contributed by atoms with van der Waals surface area (Å²) in [6, 6.07) is 6.32. The van der Waals surface area contributed by atoms with Gasteiger partial charge in [0.1, 0.15) is 6.10 Å². The van der Waals surface area contributed by atoms with Crippen molar-refractivity contribution in [2.24, 2.45) is 23.7 Å². The summed E-state index contributed by atoms with van der Waals surface area (Å²) in [6.45, 7) is 12.8. The highest BCUT2D eigenvalue weighted by Gasteiger charge is 2.33. The number of methoxy groups -OCH3 is 2. The lowest BCUT2D eigenvalue weighted by Crippen LogP contribution is -2.41. The third-order valence-corrected chi connectivity index (χ3v) is 8.15. The fourth-order valence-corrected chi connectivity index (χ4v) is 5.73. The average Bonchev–Trinajstić information content (AvgIpc) is 3.37. The number of carbonyl (C=O) groups excluding carboxylic acids is 1. The number of hydrogen-bond acceptors (Lipinski definition) is 7. The van der Waals surface area contributed by atoms with Gasteiger partial charge < -0.3 is 33.9 Å². The summed E-state index contributed by atoms with van der Waals surface area (Å²) in [5.41, 5.74) is 1.27. The molecule has 0 aliphatic carbocycles. The zero-order chi connectivity index (χ0) is 28.0. The van der Waals surface area contributed by atoms with Crippen molar-refractivity contribution in [2.45, 2.75) is 65.4 Å². The van der Waals surface area contributed by atoms with E-state index in [-0.39, 0.29) is 12.2 Å². The Morgan fingerprint density at radius 3 is 2.56 bits per heavy atom. The summed E-state index contributed by atoms with van der Waals surface area (Å²) < 4.78 is 28.0. The standard InChI is InChI=1S/C31H52N2O6/c1-6-12-33(31(34)39-28-10-15-37-16-11-28)22-27-21-32-20-26(27)19-25(23(2)3)17-24-8-9-29(36-5)30(18-24)38-14-7-13-35-4/h8-9,18,23,25-28,32H,6-7,10-17,19-22H2,1-5H3/t25-,26+,27-/m0/s1. The SMILES string of the molecule is CCCN(C[C@@H]1CNC[C@H]1C[C@H](Cc1ccc(OC)c(OCCCOC)c1)C(C)C)C(=O)OC1CCOCC1. The molecule has 3 atom stereocenters. The van der Waals surface area contributed by atoms with E-state index < -0.39 is 0 Å². The second kappa shape index (κ2) is 16.9. The van der Waals surface area contributed by atoms with Crippen LogP contribution < -0.4 is 14.8 Å². The molecule has 3 rings (SSSR count). The van der Waals surface area contributed by atoms with Gasteiger partial charge in [-0.25, -0.2) is 4.79 Å². The van der Waals surface area contributed by atoms with E-state index in [1.807, 2.05) is 11.0 Å². The first-order chi connectivity index (χ1) is 18.9. The van der Waals surface area contributed by atoms with Gasteiger partial charge in [-0.15, -0.1) is 0 Å². The van der Waals surface area contributed by atoms with Crippen LogP contribution in [0.2, 0.25) is 0 Å². The fourth-order valence-electron chi connectivity index (χ4n) is 5.73. The van der Waals surface area contributed by atoms with Gasteiger partial charge in [-0.05, 0) is 73.7 Å². The summed E-state index contributed by atoms with van der Waals surface area (Å²) in [5.74, 6) is 3.59. The maximum Gasteiger partial charge on any atom is 0.410 e. The molecule has 222 valence electrons. The van der Waals surface area contributed by atoms with Crippen molar-refractivity contribution in [2.75, 3.05) is 66.8 Å². The molecular formula is C31H52N2O6. The Morgan fingerprint density at radius 1 is 1.10 bits per heavy atom. The Hall–Kier alpha value is -2.03. The Bertz CT molecular complexity index is 844. The van der Waals surface area contributed by atoms with Gasteiger partial charge in [0.2, 0.25) is 0 Å². The predicted octanol–water partition coefficient (Wildman–Crippen LogP) is 5.18. The van der Waals surface area contributed by atoms with Gasteiger partial charge in [-0.2, -0.15) is 0 Å². The van der Waals surface area contributed by atoms with E-state index in [1.54, 1.807) is 14.2 Å². The maximum absolute atomic E-state index is 13.1. The van der Waals surface area contributed by atoms with Crippen molar-refractivity contribution in [1.82, 2.24) is 10.2 Å². The second-order valence-corrected chi connectivity index (χ2v) is 11.4. The van der Waals surface area contributed by atoms with Crippen molar-refractivity contribution in [3.63, 3.8) is 0 Å². The molecule has 1 amide bonds. The topological polar surface area (TPSA) is 78.5 Å². The van der Waals surface area contributed by atoms with E-state index in [1.165, 1.54) is 5.56 Å². The van der Waals surface area contributed by atoms with Gasteiger partial charge >= 0.3 is 6.09 Å². The zero-order valence-electron chi connectivity index (χ0n) is 24.9. The van der Waals surface area contributed by atoms with Crippen molar-refractivity contribution >= 4 is 6.09 Å². The molecule has 2 heterocycles. The molecule has 1 N–H and O–H groups in total. The van der Waals surface area contributed by atoms with Crippen LogP contribution >= 0.6 is 0 Å². The molecule has 0 bridgehead atoms. The number of nitrogens with zero attached hydrogens (tertiary/aromatic N) is 1. The minimum atomic E-state index is -0.161. The van der Waals surface area contributed by atoms with Crippen LogP contribution in [0.25, 0.3) is 0 Å². The molecule has 2 aliphatic heterocycles. The van der Waals surface area contributed by atoms with E-state index in [9.17, 15) is 4.79 Å². The molecule has 8 nitrogen and oxygen atoms in total. The van der Waals surface area contributed by atoms with E-state index in [0.717, 1.165) is 76.2 Å². The third kappa shape index (κ3) is 10.1. The van der Waals surface area contributed by atoms with E-state index in [4.69, 9.17) is 23.7 Å². The number of ether oxygens (including phenoxy) is 5. The van der Waals surface area contributed by atoms with Crippen molar-refractivity contribution in [3.8, 4) is 11.5 Å². The summed E-state index contributed by atoms with van der Waals surface area (Å²) >= 11 is 0. The summed E-state index contributed by atoms with van der Waals surface area (Å²) in [6.07, 6.45) is 5.28. The van der Waals surface area contributed by atoms with Crippen LogP contribution in [0.3, 0.4) is 0 Å². The second-order valence-electron chi connectivity index (χ2n) is 11.4. The molecule has 8 heteroatoms. The number of amides is 1. The van der Waals surface area contributed by atoms with Gasteiger partial charge in [0.25, 0.3) is 0 Å². The van der Waals surface area contributed by atoms with Gasteiger partial charge in [0.15, 0.2) is 11.5 Å². The molecule has 0 saturated carbocycles. The van der Waals surface area contributed by atoms with E-state index in [0.29, 0.717) is 50.1 Å². The number of rotatable bonds is 16. The normalized spacial score (nSPS) is 20.7. The highest BCUT2D eigenvalue weighted by molar-refractivity contribution is 5.67. The lowest BCUT2D eigenvalue weighted by atomic mass is 9.78. The van der Waals surface area contributed by atoms with Crippen molar-refractivity contribution in [3.05, 3.63) is 23.8 Å². The fraction of sp³-hybridized carbons (Fsp3) is 0.774. The molecule has 2 aliphatic rings. The van der Waals surface area contributed by atoms with E-state index >= 15 is 0 Å². The molecular weight excluding hydrogens is 496 g/mol. The molecule has 0 aromatic heterocycles. The van der Waals surface area contributed by atoms with Crippen LogP contribution in [-0.2, 0) is 20.6 Å². The van der Waals surface area contributed by atoms with Crippen molar-refractivity contribution in [1.29, 1.82) is 0 Å². The Morgan fingerprint density at radius 2 is 1.87 bits per heavy atom. The van der Waals surface area contributed by atoms with Crippen LogP contribution in [0.5, 0.6) is 11.5 Å². The first-order valence-electron chi connectivity index (χ1n) is 15.0. The quantitative estimate of drug-likeness (QED) is 0.285. The highest BCUT2D eigenvalue weighted by Crippen LogP contribution is 2.34. The van der Waals surface area contributed by atoms with Gasteiger partial charge in [-0.3, -0.25) is 0 Å². The number of nitrogens with one attached hydrogen (secondary N) is 1. The Kier molecular flexibility index (Phi) is 13.7. The zero-order valence-corrected chi connectivity index (χ0v) is 24.9. The van der Waals surface area contributed by atoms with Crippen LogP contribution in [-0.4, -0.2) is 83.9 Å². The van der Waals surface area contributed by atoms with Gasteiger partial charge in [0.05, 0.1) is 26.9 Å². The molecule has 2 fully saturated rings.